The Labute approximate surface area is 112 Å². The first-order chi connectivity index (χ1) is 9.22. The predicted octanol–water partition coefficient (Wildman–Crippen LogP) is 3.69. The molecule has 5 heteroatoms. The molecule has 3 rings (SSSR count). The number of halogens is 1. The third-order valence-electron chi connectivity index (χ3n) is 2.66. The van der Waals surface area contributed by atoms with Crippen LogP contribution in [0.4, 0.5) is 10.2 Å². The fourth-order valence-electron chi connectivity index (χ4n) is 1.70. The van der Waals surface area contributed by atoms with E-state index in [9.17, 15) is 9.18 Å². The molecular formula is C14H9FN2OS. The van der Waals surface area contributed by atoms with Gasteiger partial charge in [0.1, 0.15) is 16.5 Å². The second-order valence-electron chi connectivity index (χ2n) is 3.97. The molecule has 1 amide bonds. The van der Waals surface area contributed by atoms with Crippen molar-refractivity contribution in [2.45, 2.75) is 0 Å². The number of pyridine rings is 1. The summed E-state index contributed by atoms with van der Waals surface area (Å²) in [6, 6.07) is 11.0. The SMILES string of the molecule is O=C(Nc1ccc2ccsc2n1)c1ccc(F)cc1. The van der Waals surface area contributed by atoms with Crippen LogP contribution in [-0.2, 0) is 0 Å². The average Bonchev–Trinajstić information content (AvgIpc) is 2.87. The minimum absolute atomic E-state index is 0.302. The quantitative estimate of drug-likeness (QED) is 0.773. The van der Waals surface area contributed by atoms with Gasteiger partial charge in [-0.25, -0.2) is 9.37 Å². The van der Waals surface area contributed by atoms with Gasteiger partial charge in [0.25, 0.3) is 5.91 Å². The van der Waals surface area contributed by atoms with E-state index >= 15 is 0 Å². The molecule has 0 saturated heterocycles. The lowest BCUT2D eigenvalue weighted by molar-refractivity contribution is 0.102. The van der Waals surface area contributed by atoms with Crippen LogP contribution in [-0.4, -0.2) is 10.9 Å². The predicted molar refractivity (Wildman–Crippen MR) is 74.0 cm³/mol. The third-order valence-corrected chi connectivity index (χ3v) is 3.49. The highest BCUT2D eigenvalue weighted by atomic mass is 32.1. The molecule has 19 heavy (non-hydrogen) atoms. The van der Waals surface area contributed by atoms with Crippen LogP contribution in [0, 0.1) is 5.82 Å². The smallest absolute Gasteiger partial charge is 0.256 e. The molecule has 1 N–H and O–H groups in total. The molecule has 0 saturated carbocycles. The van der Waals surface area contributed by atoms with Crippen LogP contribution in [0.1, 0.15) is 10.4 Å². The van der Waals surface area contributed by atoms with E-state index in [1.807, 2.05) is 17.5 Å². The van der Waals surface area contributed by atoms with Crippen LogP contribution in [0.3, 0.4) is 0 Å². The number of aromatic nitrogens is 1. The Balaban J connectivity index is 1.83. The van der Waals surface area contributed by atoms with Gasteiger partial charge in [-0.1, -0.05) is 0 Å². The first-order valence-electron chi connectivity index (χ1n) is 5.63. The molecule has 0 fully saturated rings. The van der Waals surface area contributed by atoms with Gasteiger partial charge in [-0.2, -0.15) is 0 Å². The summed E-state index contributed by atoms with van der Waals surface area (Å²) in [6.45, 7) is 0. The molecule has 0 bridgehead atoms. The van der Waals surface area contributed by atoms with E-state index in [0.717, 1.165) is 10.2 Å². The zero-order valence-electron chi connectivity index (χ0n) is 9.76. The Morgan fingerprint density at radius 1 is 1.11 bits per heavy atom. The maximum absolute atomic E-state index is 12.8. The van der Waals surface area contributed by atoms with Crippen molar-refractivity contribution in [2.24, 2.45) is 0 Å². The molecule has 0 spiro atoms. The average molecular weight is 272 g/mol. The van der Waals surface area contributed by atoms with Crippen LogP contribution in [0.2, 0.25) is 0 Å². The molecule has 3 nitrogen and oxygen atoms in total. The molecule has 1 aromatic carbocycles. The van der Waals surface area contributed by atoms with Gasteiger partial charge >= 0.3 is 0 Å². The number of hydrogen-bond donors (Lipinski definition) is 1. The van der Waals surface area contributed by atoms with Crippen molar-refractivity contribution >= 4 is 33.3 Å². The number of rotatable bonds is 2. The van der Waals surface area contributed by atoms with Crippen LogP contribution >= 0.6 is 11.3 Å². The molecule has 0 aliphatic heterocycles. The van der Waals surface area contributed by atoms with Crippen molar-refractivity contribution in [3.63, 3.8) is 0 Å². The van der Waals surface area contributed by atoms with Crippen LogP contribution in [0.25, 0.3) is 10.2 Å². The van der Waals surface area contributed by atoms with Gasteiger partial charge in [0.2, 0.25) is 0 Å². The molecule has 0 aliphatic carbocycles. The number of nitrogens with zero attached hydrogens (tertiary/aromatic N) is 1. The van der Waals surface area contributed by atoms with Gasteiger partial charge in [0.15, 0.2) is 0 Å². The van der Waals surface area contributed by atoms with Gasteiger partial charge in [-0.05, 0) is 47.8 Å². The van der Waals surface area contributed by atoms with Gasteiger partial charge < -0.3 is 5.32 Å². The first-order valence-corrected chi connectivity index (χ1v) is 6.51. The number of thiophene rings is 1. The number of carbonyl (C=O) groups excluding carboxylic acids is 1. The lowest BCUT2D eigenvalue weighted by atomic mass is 10.2. The van der Waals surface area contributed by atoms with Crippen molar-refractivity contribution in [1.82, 2.24) is 4.98 Å². The largest absolute Gasteiger partial charge is 0.307 e. The number of benzene rings is 1. The molecule has 0 radical (unpaired) electrons. The standard InChI is InChI=1S/C14H9FN2OS/c15-11-4-1-9(2-5-11)13(18)16-12-6-3-10-7-8-19-14(10)17-12/h1-8H,(H,16,17,18). The van der Waals surface area contributed by atoms with E-state index in [1.54, 1.807) is 6.07 Å². The minimum Gasteiger partial charge on any atom is -0.307 e. The summed E-state index contributed by atoms with van der Waals surface area (Å²) in [7, 11) is 0. The minimum atomic E-state index is -0.366. The van der Waals surface area contributed by atoms with Gasteiger partial charge in [-0.15, -0.1) is 11.3 Å². The van der Waals surface area contributed by atoms with E-state index in [4.69, 9.17) is 0 Å². The zero-order valence-corrected chi connectivity index (χ0v) is 10.6. The number of nitrogens with one attached hydrogen (secondary N) is 1. The van der Waals surface area contributed by atoms with E-state index in [2.05, 4.69) is 10.3 Å². The number of fused-ring (bicyclic) bond motifs is 1. The van der Waals surface area contributed by atoms with Crippen LogP contribution < -0.4 is 5.32 Å². The first kappa shape index (κ1) is 11.8. The fraction of sp³-hybridized carbons (Fsp3) is 0. The second-order valence-corrected chi connectivity index (χ2v) is 4.87. The summed E-state index contributed by atoms with van der Waals surface area (Å²) in [5, 5.41) is 5.69. The van der Waals surface area contributed by atoms with Crippen molar-refractivity contribution < 1.29 is 9.18 Å². The highest BCUT2D eigenvalue weighted by Gasteiger charge is 2.07. The summed E-state index contributed by atoms with van der Waals surface area (Å²) < 4.78 is 12.8. The summed E-state index contributed by atoms with van der Waals surface area (Å²) in [4.78, 5) is 17.1. The van der Waals surface area contributed by atoms with Crippen molar-refractivity contribution in [2.75, 3.05) is 5.32 Å². The second kappa shape index (κ2) is 4.78. The Bertz CT molecular complexity index is 737. The fourth-order valence-corrected chi connectivity index (χ4v) is 2.47. The van der Waals surface area contributed by atoms with Gasteiger partial charge in [0, 0.05) is 10.9 Å². The molecule has 2 heterocycles. The summed E-state index contributed by atoms with van der Waals surface area (Å²) >= 11 is 1.51. The molecule has 0 atom stereocenters. The molecule has 2 aromatic heterocycles. The third kappa shape index (κ3) is 2.46. The van der Waals surface area contributed by atoms with Crippen molar-refractivity contribution in [3.05, 3.63) is 59.2 Å². The molecule has 0 unspecified atom stereocenters. The van der Waals surface area contributed by atoms with E-state index in [1.165, 1.54) is 35.6 Å². The Hall–Kier alpha value is -2.27. The number of amides is 1. The Morgan fingerprint density at radius 2 is 1.89 bits per heavy atom. The van der Waals surface area contributed by atoms with Gasteiger partial charge in [-0.3, -0.25) is 4.79 Å². The van der Waals surface area contributed by atoms with Crippen LogP contribution in [0.5, 0.6) is 0 Å². The Kier molecular flexibility index (Phi) is 2.97. The summed E-state index contributed by atoms with van der Waals surface area (Å²) in [6.07, 6.45) is 0. The van der Waals surface area contributed by atoms with Gasteiger partial charge in [0.05, 0.1) is 0 Å². The van der Waals surface area contributed by atoms with Crippen molar-refractivity contribution in [3.8, 4) is 0 Å². The summed E-state index contributed by atoms with van der Waals surface area (Å²) in [5.74, 6) is -0.178. The number of anilines is 1. The normalized spacial score (nSPS) is 10.6. The van der Waals surface area contributed by atoms with Crippen LogP contribution in [0.15, 0.2) is 47.8 Å². The highest BCUT2D eigenvalue weighted by Crippen LogP contribution is 2.20. The number of hydrogen-bond acceptors (Lipinski definition) is 3. The summed E-state index contributed by atoms with van der Waals surface area (Å²) in [5.41, 5.74) is 0.398. The molecular weight excluding hydrogens is 263 g/mol. The highest BCUT2D eigenvalue weighted by molar-refractivity contribution is 7.16. The monoisotopic (exact) mass is 272 g/mol. The van der Waals surface area contributed by atoms with Crippen molar-refractivity contribution in [1.29, 1.82) is 0 Å². The topological polar surface area (TPSA) is 42.0 Å². The number of carbonyl (C=O) groups is 1. The van der Waals surface area contributed by atoms with E-state index in [0.29, 0.717) is 11.4 Å². The maximum atomic E-state index is 12.8. The van der Waals surface area contributed by atoms with E-state index in [-0.39, 0.29) is 11.7 Å². The lowest BCUT2D eigenvalue weighted by Crippen LogP contribution is -2.12. The molecule has 0 aliphatic rings. The lowest BCUT2D eigenvalue weighted by Gasteiger charge is -2.04. The zero-order chi connectivity index (χ0) is 13.2. The van der Waals surface area contributed by atoms with E-state index < -0.39 is 0 Å². The molecule has 3 aromatic rings. The molecule has 94 valence electrons. The Morgan fingerprint density at radius 3 is 2.68 bits per heavy atom. The maximum Gasteiger partial charge on any atom is 0.256 e.